The average Bonchev–Trinajstić information content (AvgIpc) is 2.57. The van der Waals surface area contributed by atoms with Crippen molar-refractivity contribution < 1.29 is 13.6 Å². The van der Waals surface area contributed by atoms with Crippen molar-refractivity contribution in [2.24, 2.45) is 0 Å². The van der Waals surface area contributed by atoms with Gasteiger partial charge in [-0.15, -0.1) is 0 Å². The van der Waals surface area contributed by atoms with Gasteiger partial charge in [0.1, 0.15) is 11.6 Å². The van der Waals surface area contributed by atoms with E-state index < -0.39 is 11.6 Å². The highest BCUT2D eigenvalue weighted by molar-refractivity contribution is 6.33. The number of benzene rings is 2. The van der Waals surface area contributed by atoms with E-state index in [9.17, 15) is 13.6 Å². The molecule has 1 saturated carbocycles. The van der Waals surface area contributed by atoms with Gasteiger partial charge in [0.25, 0.3) is 0 Å². The fraction of sp³-hybridized carbons (Fsp3) is 0.150. The summed E-state index contributed by atoms with van der Waals surface area (Å²) in [5.74, 6) is -1.20. The van der Waals surface area contributed by atoms with Crippen molar-refractivity contribution in [3.05, 3.63) is 80.4 Å². The summed E-state index contributed by atoms with van der Waals surface area (Å²) in [7, 11) is 0. The molecule has 0 heterocycles. The number of hydrogen-bond donors (Lipinski definition) is 0. The zero-order valence-electron chi connectivity index (χ0n) is 13.2. The van der Waals surface area contributed by atoms with Gasteiger partial charge in [-0.2, -0.15) is 0 Å². The minimum atomic E-state index is -0.485. The Morgan fingerprint density at radius 1 is 0.800 bits per heavy atom. The number of allylic oxidation sites excluding steroid dienone is 2. The summed E-state index contributed by atoms with van der Waals surface area (Å²) < 4.78 is 27.9. The summed E-state index contributed by atoms with van der Waals surface area (Å²) in [6, 6.07) is 8.74. The highest BCUT2D eigenvalue weighted by Gasteiger charge is 2.22. The lowest BCUT2D eigenvalue weighted by molar-refractivity contribution is -0.112. The van der Waals surface area contributed by atoms with Crippen molar-refractivity contribution in [3.8, 4) is 0 Å². The molecule has 1 nitrogen and oxygen atoms in total. The maximum absolute atomic E-state index is 14.0. The quantitative estimate of drug-likeness (QED) is 0.545. The van der Waals surface area contributed by atoms with Gasteiger partial charge in [0.2, 0.25) is 0 Å². The largest absolute Gasteiger partial charge is 0.289 e. The third-order valence-electron chi connectivity index (χ3n) is 4.11. The SMILES string of the molecule is O=C1/C(=C\c2c(F)cccc2Cl)CCC/C1=C/c1c(F)cccc1Cl. The first-order valence-corrected chi connectivity index (χ1v) is 8.57. The molecule has 25 heavy (non-hydrogen) atoms. The van der Waals surface area contributed by atoms with Gasteiger partial charge in [0.05, 0.1) is 10.0 Å². The van der Waals surface area contributed by atoms with Crippen LogP contribution in [0.2, 0.25) is 10.0 Å². The predicted octanol–water partition coefficient (Wildman–Crippen LogP) is 6.49. The molecule has 0 spiro atoms. The third-order valence-corrected chi connectivity index (χ3v) is 4.77. The lowest BCUT2D eigenvalue weighted by Gasteiger charge is -2.17. The van der Waals surface area contributed by atoms with E-state index in [0.717, 1.165) is 0 Å². The van der Waals surface area contributed by atoms with Crippen LogP contribution in [0, 0.1) is 11.6 Å². The summed E-state index contributed by atoms with van der Waals surface area (Å²) in [4.78, 5) is 12.7. The Morgan fingerprint density at radius 2 is 1.24 bits per heavy atom. The number of carbonyl (C=O) groups excluding carboxylic acids is 1. The zero-order chi connectivity index (χ0) is 18.0. The highest BCUT2D eigenvalue weighted by atomic mass is 35.5. The Hall–Kier alpha value is -1.97. The number of Topliss-reactive ketones (excluding diaryl/α,β-unsaturated/α-hetero) is 1. The molecule has 0 aromatic heterocycles. The second kappa shape index (κ2) is 7.51. The van der Waals surface area contributed by atoms with Gasteiger partial charge in [-0.1, -0.05) is 35.3 Å². The summed E-state index contributed by atoms with van der Waals surface area (Å²) >= 11 is 12.1. The van der Waals surface area contributed by atoms with Gasteiger partial charge in [0.15, 0.2) is 5.78 Å². The third kappa shape index (κ3) is 3.83. The van der Waals surface area contributed by atoms with Crippen LogP contribution in [-0.2, 0) is 4.79 Å². The Labute approximate surface area is 154 Å². The molecule has 1 fully saturated rings. The molecule has 3 rings (SSSR count). The molecular weight excluding hydrogens is 365 g/mol. The molecule has 0 radical (unpaired) electrons. The first-order chi connectivity index (χ1) is 12.0. The minimum Gasteiger partial charge on any atom is -0.289 e. The molecule has 0 aliphatic heterocycles. The van der Waals surface area contributed by atoms with Crippen LogP contribution in [0.25, 0.3) is 12.2 Å². The lowest BCUT2D eigenvalue weighted by atomic mass is 9.86. The Kier molecular flexibility index (Phi) is 5.36. The molecule has 0 bridgehead atoms. The fourth-order valence-corrected chi connectivity index (χ4v) is 3.26. The molecule has 2 aromatic carbocycles. The maximum atomic E-state index is 14.0. The van der Waals surface area contributed by atoms with Gasteiger partial charge < -0.3 is 0 Å². The van der Waals surface area contributed by atoms with Gasteiger partial charge in [-0.05, 0) is 55.7 Å². The number of rotatable bonds is 2. The van der Waals surface area contributed by atoms with E-state index in [1.54, 1.807) is 12.1 Å². The minimum absolute atomic E-state index is 0.192. The Balaban J connectivity index is 1.99. The molecule has 0 amide bonds. The molecular formula is C20H14Cl2F2O. The summed E-state index contributed by atoms with van der Waals surface area (Å²) in [6.07, 6.45) is 4.71. The van der Waals surface area contributed by atoms with Crippen LogP contribution in [0.1, 0.15) is 30.4 Å². The van der Waals surface area contributed by atoms with Crippen LogP contribution in [-0.4, -0.2) is 5.78 Å². The van der Waals surface area contributed by atoms with Gasteiger partial charge in [0, 0.05) is 22.3 Å². The van der Waals surface area contributed by atoms with Crippen LogP contribution in [0.5, 0.6) is 0 Å². The van der Waals surface area contributed by atoms with Crippen molar-refractivity contribution in [3.63, 3.8) is 0 Å². The van der Waals surface area contributed by atoms with Gasteiger partial charge in [-0.3, -0.25) is 4.79 Å². The topological polar surface area (TPSA) is 17.1 Å². The second-order valence-electron chi connectivity index (χ2n) is 5.79. The van der Waals surface area contributed by atoms with Crippen molar-refractivity contribution >= 4 is 41.1 Å². The fourth-order valence-electron chi connectivity index (χ4n) is 2.82. The van der Waals surface area contributed by atoms with E-state index in [4.69, 9.17) is 23.2 Å². The van der Waals surface area contributed by atoms with Gasteiger partial charge >= 0.3 is 0 Å². The molecule has 1 aliphatic rings. The van der Waals surface area contributed by atoms with Crippen LogP contribution in [0.4, 0.5) is 8.78 Å². The molecule has 2 aromatic rings. The average molecular weight is 379 g/mol. The second-order valence-corrected chi connectivity index (χ2v) is 6.61. The number of carbonyl (C=O) groups is 1. The van der Waals surface area contributed by atoms with E-state index in [2.05, 4.69) is 0 Å². The van der Waals surface area contributed by atoms with E-state index in [-0.39, 0.29) is 27.0 Å². The summed E-state index contributed by atoms with van der Waals surface area (Å²) in [5.41, 5.74) is 1.30. The summed E-state index contributed by atoms with van der Waals surface area (Å²) in [5, 5.41) is 0.488. The first kappa shape index (κ1) is 17.8. The first-order valence-electron chi connectivity index (χ1n) is 7.81. The Morgan fingerprint density at radius 3 is 1.64 bits per heavy atom. The smallest absolute Gasteiger partial charge is 0.185 e. The van der Waals surface area contributed by atoms with Crippen molar-refractivity contribution in [1.82, 2.24) is 0 Å². The van der Waals surface area contributed by atoms with Crippen molar-refractivity contribution in [2.45, 2.75) is 19.3 Å². The van der Waals surface area contributed by atoms with Crippen molar-refractivity contribution in [2.75, 3.05) is 0 Å². The predicted molar refractivity (Wildman–Crippen MR) is 97.6 cm³/mol. The van der Waals surface area contributed by atoms with E-state index >= 15 is 0 Å². The molecule has 128 valence electrons. The number of ketones is 1. The lowest BCUT2D eigenvalue weighted by Crippen LogP contribution is -2.12. The summed E-state index contributed by atoms with van der Waals surface area (Å²) in [6.45, 7) is 0. The Bertz CT molecular complexity index is 789. The standard InChI is InChI=1S/C20H14Cl2F2O/c21-16-6-2-8-18(23)14(16)10-12-4-1-5-13(20(12)25)11-15-17(22)7-3-9-19(15)24/h2-3,6-11H,1,4-5H2/b12-10-,13-11-. The molecule has 0 atom stereocenters. The van der Waals surface area contributed by atoms with Crippen molar-refractivity contribution in [1.29, 1.82) is 0 Å². The number of hydrogen-bond acceptors (Lipinski definition) is 1. The molecule has 5 heteroatoms. The van der Waals surface area contributed by atoms with Gasteiger partial charge in [-0.25, -0.2) is 8.78 Å². The van der Waals surface area contributed by atoms with E-state index in [1.165, 1.54) is 36.4 Å². The number of halogens is 4. The van der Waals surface area contributed by atoms with Crippen LogP contribution in [0.3, 0.4) is 0 Å². The maximum Gasteiger partial charge on any atom is 0.185 e. The highest BCUT2D eigenvalue weighted by Crippen LogP contribution is 2.32. The molecule has 1 aliphatic carbocycles. The molecule has 0 saturated heterocycles. The van der Waals surface area contributed by atoms with Crippen LogP contribution < -0.4 is 0 Å². The monoisotopic (exact) mass is 378 g/mol. The van der Waals surface area contributed by atoms with E-state index in [1.807, 2.05) is 0 Å². The molecule has 0 N–H and O–H groups in total. The van der Waals surface area contributed by atoms with E-state index in [0.29, 0.717) is 30.4 Å². The normalized spacial score (nSPS) is 18.2. The zero-order valence-corrected chi connectivity index (χ0v) is 14.7. The van der Waals surface area contributed by atoms with Crippen LogP contribution >= 0.6 is 23.2 Å². The molecule has 0 unspecified atom stereocenters. The van der Waals surface area contributed by atoms with Crippen LogP contribution in [0.15, 0.2) is 47.5 Å².